The van der Waals surface area contributed by atoms with Crippen LogP contribution in [0.25, 0.3) is 0 Å². The molecular weight excluding hydrogens is 280 g/mol. The topological polar surface area (TPSA) is 52.6 Å². The Hall–Kier alpha value is -0.740. The van der Waals surface area contributed by atoms with Gasteiger partial charge in [0.15, 0.2) is 11.6 Å². The Morgan fingerprint density at radius 1 is 1.18 bits per heavy atom. The van der Waals surface area contributed by atoms with Crippen molar-refractivity contribution in [1.29, 1.82) is 0 Å². The van der Waals surface area contributed by atoms with Crippen LogP contribution in [-0.4, -0.2) is 35.5 Å². The molecule has 0 aromatic rings. The highest BCUT2D eigenvalue weighted by atomic mass is 16.5. The van der Waals surface area contributed by atoms with E-state index in [0.29, 0.717) is 12.3 Å². The van der Waals surface area contributed by atoms with Crippen molar-refractivity contribution in [3.05, 3.63) is 0 Å². The summed E-state index contributed by atoms with van der Waals surface area (Å²) in [5, 5.41) is 0. The van der Waals surface area contributed by atoms with Crippen molar-refractivity contribution in [2.24, 2.45) is 5.92 Å². The van der Waals surface area contributed by atoms with Gasteiger partial charge in [-0.25, -0.2) is 0 Å². The van der Waals surface area contributed by atoms with Gasteiger partial charge in [0.2, 0.25) is 0 Å². The summed E-state index contributed by atoms with van der Waals surface area (Å²) in [6.45, 7) is 11.3. The van der Waals surface area contributed by atoms with Gasteiger partial charge in [-0.3, -0.25) is 9.59 Å². The molecule has 22 heavy (non-hydrogen) atoms. The summed E-state index contributed by atoms with van der Waals surface area (Å²) in [5.41, 5.74) is -0.257. The lowest BCUT2D eigenvalue weighted by atomic mass is 9.98. The maximum atomic E-state index is 12.3. The predicted molar refractivity (Wildman–Crippen MR) is 86.9 cm³/mol. The summed E-state index contributed by atoms with van der Waals surface area (Å²) < 4.78 is 11.6. The summed E-state index contributed by atoms with van der Waals surface area (Å²) in [4.78, 5) is 23.6. The predicted octanol–water partition coefficient (Wildman–Crippen LogP) is 3.70. The Morgan fingerprint density at radius 2 is 1.82 bits per heavy atom. The molecule has 0 aromatic heterocycles. The molecule has 2 unspecified atom stereocenters. The van der Waals surface area contributed by atoms with Crippen molar-refractivity contribution in [3.8, 4) is 0 Å². The van der Waals surface area contributed by atoms with Crippen LogP contribution in [0.3, 0.4) is 0 Å². The van der Waals surface area contributed by atoms with Crippen molar-refractivity contribution in [3.63, 3.8) is 0 Å². The number of carbonyl (C=O) groups is 2. The van der Waals surface area contributed by atoms with E-state index in [0.717, 1.165) is 25.7 Å². The van der Waals surface area contributed by atoms with Crippen molar-refractivity contribution in [2.45, 2.75) is 97.6 Å². The van der Waals surface area contributed by atoms with Gasteiger partial charge in [-0.1, -0.05) is 6.92 Å². The van der Waals surface area contributed by atoms with E-state index in [-0.39, 0.29) is 35.5 Å². The second-order valence-corrected chi connectivity index (χ2v) is 7.23. The minimum absolute atomic E-state index is 0.0587. The smallest absolute Gasteiger partial charge is 0.161 e. The highest BCUT2D eigenvalue weighted by molar-refractivity contribution is 5.83. The number of ketones is 2. The number of carbonyl (C=O) groups excluding carboxylic acids is 2. The van der Waals surface area contributed by atoms with Crippen LogP contribution < -0.4 is 0 Å². The average molecular weight is 312 g/mol. The lowest BCUT2D eigenvalue weighted by Crippen LogP contribution is -2.33. The number of hydrogen-bond donors (Lipinski definition) is 0. The lowest BCUT2D eigenvalue weighted by molar-refractivity contribution is -0.141. The van der Waals surface area contributed by atoms with Crippen molar-refractivity contribution >= 4 is 11.6 Å². The quantitative estimate of drug-likeness (QED) is 0.651. The minimum Gasteiger partial charge on any atom is -0.368 e. The van der Waals surface area contributed by atoms with Gasteiger partial charge in [-0.15, -0.1) is 0 Å². The summed E-state index contributed by atoms with van der Waals surface area (Å²) in [6.07, 6.45) is 3.64. The molecular formula is C18H32O4. The maximum absolute atomic E-state index is 12.3. The van der Waals surface area contributed by atoms with Gasteiger partial charge in [0.25, 0.3) is 0 Å². The summed E-state index contributed by atoms with van der Waals surface area (Å²) in [6, 6.07) is 0. The molecule has 0 bridgehead atoms. The number of hydrogen-bond acceptors (Lipinski definition) is 4. The largest absolute Gasteiger partial charge is 0.368 e. The first-order chi connectivity index (χ1) is 10.1. The van der Waals surface area contributed by atoms with E-state index in [1.54, 1.807) is 13.8 Å². The molecule has 1 saturated carbocycles. The average Bonchev–Trinajstić information content (AvgIpc) is 2.85. The van der Waals surface area contributed by atoms with Crippen LogP contribution in [0, 0.1) is 5.92 Å². The molecule has 1 rings (SSSR count). The van der Waals surface area contributed by atoms with Gasteiger partial charge in [0, 0.05) is 6.42 Å². The zero-order valence-electron chi connectivity index (χ0n) is 15.0. The van der Waals surface area contributed by atoms with Crippen LogP contribution in [0.2, 0.25) is 0 Å². The van der Waals surface area contributed by atoms with E-state index in [1.807, 2.05) is 20.8 Å². The zero-order valence-corrected chi connectivity index (χ0v) is 15.0. The Balaban J connectivity index is 2.39. The Bertz CT molecular complexity index is 389. The molecule has 0 amide bonds. The molecule has 4 atom stereocenters. The van der Waals surface area contributed by atoms with Crippen LogP contribution in [0.1, 0.15) is 73.6 Å². The number of Topliss-reactive ketones (excluding diaryl/α,β-unsaturated/α-hetero) is 2. The molecule has 0 aliphatic heterocycles. The van der Waals surface area contributed by atoms with Crippen molar-refractivity contribution in [2.75, 3.05) is 0 Å². The molecule has 0 aromatic carbocycles. The van der Waals surface area contributed by atoms with Gasteiger partial charge in [0.05, 0.1) is 11.7 Å². The molecule has 0 saturated heterocycles. The first-order valence-electron chi connectivity index (χ1n) is 8.51. The third kappa shape index (κ3) is 6.17. The first-order valence-corrected chi connectivity index (χ1v) is 8.51. The van der Waals surface area contributed by atoms with E-state index >= 15 is 0 Å². The van der Waals surface area contributed by atoms with Crippen LogP contribution in [-0.2, 0) is 19.1 Å². The summed E-state index contributed by atoms with van der Waals surface area (Å²) in [5.74, 6) is 0.586. The lowest BCUT2D eigenvalue weighted by Gasteiger charge is -2.27. The van der Waals surface area contributed by atoms with Gasteiger partial charge in [0.1, 0.15) is 12.2 Å². The molecule has 128 valence electrons. The minimum atomic E-state index is -0.355. The van der Waals surface area contributed by atoms with Crippen LogP contribution in [0.4, 0.5) is 0 Å². The highest BCUT2D eigenvalue weighted by Crippen LogP contribution is 2.32. The molecule has 0 spiro atoms. The molecule has 4 heteroatoms. The fraction of sp³-hybridized carbons (Fsp3) is 0.889. The van der Waals surface area contributed by atoms with Crippen LogP contribution in [0.15, 0.2) is 0 Å². The Kier molecular flexibility index (Phi) is 7.20. The van der Waals surface area contributed by atoms with Gasteiger partial charge in [-0.05, 0) is 66.2 Å². The highest BCUT2D eigenvalue weighted by Gasteiger charge is 2.31. The molecule has 0 N–H and O–H groups in total. The van der Waals surface area contributed by atoms with Gasteiger partial charge >= 0.3 is 0 Å². The molecule has 1 aliphatic carbocycles. The maximum Gasteiger partial charge on any atom is 0.161 e. The third-order valence-electron chi connectivity index (χ3n) is 4.75. The van der Waals surface area contributed by atoms with E-state index in [9.17, 15) is 9.59 Å². The summed E-state index contributed by atoms with van der Waals surface area (Å²) >= 11 is 0. The van der Waals surface area contributed by atoms with Crippen molar-refractivity contribution in [1.82, 2.24) is 0 Å². The monoisotopic (exact) mass is 312 g/mol. The van der Waals surface area contributed by atoms with Crippen LogP contribution >= 0.6 is 0 Å². The van der Waals surface area contributed by atoms with E-state index in [2.05, 4.69) is 6.92 Å². The zero-order chi connectivity index (χ0) is 16.9. The fourth-order valence-corrected chi connectivity index (χ4v) is 2.80. The van der Waals surface area contributed by atoms with Crippen LogP contribution in [0.5, 0.6) is 0 Å². The molecule has 4 nitrogen and oxygen atoms in total. The second kappa shape index (κ2) is 8.21. The first kappa shape index (κ1) is 19.3. The molecule has 1 aliphatic rings. The third-order valence-corrected chi connectivity index (χ3v) is 4.75. The van der Waals surface area contributed by atoms with E-state index < -0.39 is 0 Å². The normalized spacial score (nSPS) is 25.0. The second-order valence-electron chi connectivity index (χ2n) is 7.23. The summed E-state index contributed by atoms with van der Waals surface area (Å²) in [7, 11) is 0. The van der Waals surface area contributed by atoms with E-state index in [1.165, 1.54) is 0 Å². The van der Waals surface area contributed by atoms with Gasteiger partial charge < -0.3 is 9.47 Å². The van der Waals surface area contributed by atoms with Crippen molar-refractivity contribution < 1.29 is 19.1 Å². The molecule has 0 radical (unpaired) electrons. The Labute approximate surface area is 134 Å². The van der Waals surface area contributed by atoms with E-state index in [4.69, 9.17) is 9.47 Å². The fourth-order valence-electron chi connectivity index (χ4n) is 2.80. The number of rotatable bonds is 9. The number of ether oxygens (including phenoxy) is 2. The van der Waals surface area contributed by atoms with Gasteiger partial charge in [-0.2, -0.15) is 0 Å². The molecule has 0 heterocycles. The Morgan fingerprint density at radius 3 is 2.36 bits per heavy atom. The molecule has 1 fully saturated rings. The standard InChI is InChI=1S/C18H32O4/c1-7-18(5,6)22-14(4)17(20)11-15-8-9-16(10-15)21-13(3)12(2)19/h13-16H,7-11H2,1-6H3/t13-,14-,15?,16?/m1/s1. The SMILES string of the molecule is CCC(C)(C)O[C@H](C)C(=O)CC1CCC(O[C@H](C)C(C)=O)C1.